The van der Waals surface area contributed by atoms with Gasteiger partial charge in [-0.3, -0.25) is 0 Å². The molecular weight excluding hydrogens is 235 g/mol. The van der Waals surface area contributed by atoms with Gasteiger partial charge in [-0.25, -0.2) is 4.39 Å². The maximum absolute atomic E-state index is 13.1. The van der Waals surface area contributed by atoms with E-state index in [-0.39, 0.29) is 0 Å². The van der Waals surface area contributed by atoms with Crippen molar-refractivity contribution in [3.63, 3.8) is 0 Å². The summed E-state index contributed by atoms with van der Waals surface area (Å²) in [6.45, 7) is 0.921. The van der Waals surface area contributed by atoms with E-state index in [9.17, 15) is 4.39 Å². The maximum atomic E-state index is 13.1. The highest BCUT2D eigenvalue weighted by molar-refractivity contribution is 7.99. The molecule has 2 aliphatic rings. The van der Waals surface area contributed by atoms with Gasteiger partial charge in [-0.15, -0.1) is 0 Å². The first kappa shape index (κ1) is 13.2. The summed E-state index contributed by atoms with van der Waals surface area (Å²) < 4.78 is 13.1. The first-order valence-corrected chi connectivity index (χ1v) is 7.89. The third kappa shape index (κ3) is 4.18. The lowest BCUT2D eigenvalue weighted by Crippen LogP contribution is -2.39. The van der Waals surface area contributed by atoms with Crippen LogP contribution in [0.4, 0.5) is 4.39 Å². The van der Waals surface area contributed by atoms with Crippen LogP contribution in [-0.4, -0.2) is 30.4 Å². The fraction of sp³-hybridized carbons (Fsp3) is 0.846. The Morgan fingerprint density at radius 3 is 3.06 bits per heavy atom. The summed E-state index contributed by atoms with van der Waals surface area (Å²) in [5.41, 5.74) is 0. The second kappa shape index (κ2) is 6.64. The van der Waals surface area contributed by atoms with E-state index in [4.69, 9.17) is 0 Å². The number of halogens is 1. The van der Waals surface area contributed by atoms with E-state index in [1.807, 2.05) is 11.8 Å². The summed E-state index contributed by atoms with van der Waals surface area (Å²) in [6.07, 6.45) is 11.0. The molecule has 1 fully saturated rings. The van der Waals surface area contributed by atoms with Crippen LogP contribution in [0.15, 0.2) is 12.3 Å². The minimum Gasteiger partial charge on any atom is -0.362 e. The van der Waals surface area contributed by atoms with Crippen LogP contribution >= 0.6 is 11.8 Å². The number of hydrogen-bond donors (Lipinski definition) is 2. The molecule has 98 valence electrons. The van der Waals surface area contributed by atoms with Gasteiger partial charge in [0, 0.05) is 24.3 Å². The summed E-state index contributed by atoms with van der Waals surface area (Å²) in [7, 11) is 0. The SMILES string of the molecule is CSC1CCCC(NC[C@@H]2C=CNC(F)C2)C1. The van der Waals surface area contributed by atoms with Crippen molar-refractivity contribution < 1.29 is 4.39 Å². The summed E-state index contributed by atoms with van der Waals surface area (Å²) >= 11 is 1.99. The van der Waals surface area contributed by atoms with Crippen LogP contribution in [0.5, 0.6) is 0 Å². The molecule has 0 aromatic heterocycles. The van der Waals surface area contributed by atoms with Gasteiger partial charge >= 0.3 is 0 Å². The van der Waals surface area contributed by atoms with Gasteiger partial charge in [-0.2, -0.15) is 11.8 Å². The predicted molar refractivity (Wildman–Crippen MR) is 72.8 cm³/mol. The van der Waals surface area contributed by atoms with Gasteiger partial charge in [0.1, 0.15) is 0 Å². The van der Waals surface area contributed by atoms with Gasteiger partial charge in [-0.1, -0.05) is 12.5 Å². The van der Waals surface area contributed by atoms with Gasteiger partial charge in [0.15, 0.2) is 6.30 Å². The highest BCUT2D eigenvalue weighted by atomic mass is 32.2. The second-order valence-corrected chi connectivity index (χ2v) is 6.26. The lowest BCUT2D eigenvalue weighted by atomic mass is 9.94. The molecular formula is C13H23FN2S. The van der Waals surface area contributed by atoms with Crippen LogP contribution in [-0.2, 0) is 0 Å². The average molecular weight is 258 g/mol. The molecule has 1 heterocycles. The van der Waals surface area contributed by atoms with Gasteiger partial charge in [-0.05, 0) is 37.6 Å². The molecule has 0 aromatic carbocycles. The molecule has 4 atom stereocenters. The summed E-state index contributed by atoms with van der Waals surface area (Å²) in [4.78, 5) is 0. The van der Waals surface area contributed by atoms with E-state index in [1.165, 1.54) is 25.7 Å². The Balaban J connectivity index is 1.70. The van der Waals surface area contributed by atoms with Crippen LogP contribution < -0.4 is 10.6 Å². The zero-order valence-corrected chi connectivity index (χ0v) is 11.3. The number of nitrogens with one attached hydrogen (secondary N) is 2. The average Bonchev–Trinajstić information content (AvgIpc) is 2.37. The van der Waals surface area contributed by atoms with E-state index in [0.717, 1.165) is 11.8 Å². The van der Waals surface area contributed by atoms with Crippen LogP contribution in [0.1, 0.15) is 32.1 Å². The smallest absolute Gasteiger partial charge is 0.170 e. The quantitative estimate of drug-likeness (QED) is 0.758. The van der Waals surface area contributed by atoms with Crippen LogP contribution in [0, 0.1) is 5.92 Å². The molecule has 1 aliphatic heterocycles. The predicted octanol–water partition coefficient (Wildman–Crippen LogP) is 2.67. The Hall–Kier alpha value is -0.220. The topological polar surface area (TPSA) is 24.1 Å². The van der Waals surface area contributed by atoms with Crippen molar-refractivity contribution in [2.24, 2.45) is 5.92 Å². The third-order valence-electron chi connectivity index (χ3n) is 3.78. The van der Waals surface area contributed by atoms with E-state index >= 15 is 0 Å². The van der Waals surface area contributed by atoms with Crippen LogP contribution in [0.25, 0.3) is 0 Å². The molecule has 3 unspecified atom stereocenters. The van der Waals surface area contributed by atoms with E-state index < -0.39 is 6.30 Å². The maximum Gasteiger partial charge on any atom is 0.170 e. The van der Waals surface area contributed by atoms with Crippen molar-refractivity contribution in [1.82, 2.24) is 10.6 Å². The molecule has 1 saturated carbocycles. The fourth-order valence-electron chi connectivity index (χ4n) is 2.72. The van der Waals surface area contributed by atoms with Crippen molar-refractivity contribution in [3.05, 3.63) is 12.3 Å². The third-order valence-corrected chi connectivity index (χ3v) is 4.88. The minimum atomic E-state index is -0.864. The Morgan fingerprint density at radius 1 is 1.41 bits per heavy atom. The molecule has 0 bridgehead atoms. The minimum absolute atomic E-state index is 0.348. The molecule has 2 nitrogen and oxygen atoms in total. The van der Waals surface area contributed by atoms with Crippen molar-refractivity contribution in [3.8, 4) is 0 Å². The number of rotatable bonds is 4. The van der Waals surface area contributed by atoms with Crippen molar-refractivity contribution in [1.29, 1.82) is 0 Å². The zero-order chi connectivity index (χ0) is 12.1. The van der Waals surface area contributed by atoms with E-state index in [2.05, 4.69) is 23.0 Å². The monoisotopic (exact) mass is 258 g/mol. The highest BCUT2D eigenvalue weighted by Gasteiger charge is 2.22. The lowest BCUT2D eigenvalue weighted by Gasteiger charge is -2.30. The second-order valence-electron chi connectivity index (χ2n) is 5.12. The highest BCUT2D eigenvalue weighted by Crippen LogP contribution is 2.27. The summed E-state index contributed by atoms with van der Waals surface area (Å²) in [6, 6.07) is 0.641. The van der Waals surface area contributed by atoms with Crippen molar-refractivity contribution in [2.45, 2.75) is 49.7 Å². The molecule has 0 amide bonds. The molecule has 1 aliphatic carbocycles. The van der Waals surface area contributed by atoms with E-state index in [1.54, 1.807) is 6.20 Å². The normalized spacial score (nSPS) is 37.8. The first-order chi connectivity index (χ1) is 8.28. The fourth-order valence-corrected chi connectivity index (χ4v) is 3.55. The molecule has 0 spiro atoms. The van der Waals surface area contributed by atoms with Crippen molar-refractivity contribution >= 4 is 11.8 Å². The van der Waals surface area contributed by atoms with Gasteiger partial charge in [0.25, 0.3) is 0 Å². The van der Waals surface area contributed by atoms with Gasteiger partial charge < -0.3 is 10.6 Å². The molecule has 2 rings (SSSR count). The Morgan fingerprint density at radius 2 is 2.29 bits per heavy atom. The molecule has 2 N–H and O–H groups in total. The number of thioether (sulfide) groups is 1. The number of alkyl halides is 1. The Labute approximate surface area is 108 Å². The van der Waals surface area contributed by atoms with Gasteiger partial charge in [0.2, 0.25) is 0 Å². The van der Waals surface area contributed by atoms with Crippen molar-refractivity contribution in [2.75, 3.05) is 12.8 Å². The number of hydrogen-bond acceptors (Lipinski definition) is 3. The van der Waals surface area contributed by atoms with Gasteiger partial charge in [0.05, 0.1) is 0 Å². The molecule has 17 heavy (non-hydrogen) atoms. The zero-order valence-electron chi connectivity index (χ0n) is 10.5. The molecule has 0 radical (unpaired) electrons. The Bertz CT molecular complexity index is 260. The van der Waals surface area contributed by atoms with Crippen LogP contribution in [0.3, 0.4) is 0 Å². The molecule has 4 heteroatoms. The molecule has 0 saturated heterocycles. The van der Waals surface area contributed by atoms with E-state index in [0.29, 0.717) is 18.4 Å². The summed E-state index contributed by atoms with van der Waals surface area (Å²) in [5.74, 6) is 0.348. The molecule has 0 aromatic rings. The van der Waals surface area contributed by atoms with Crippen LogP contribution in [0.2, 0.25) is 0 Å². The lowest BCUT2D eigenvalue weighted by molar-refractivity contribution is 0.238. The first-order valence-electron chi connectivity index (χ1n) is 6.61. The largest absolute Gasteiger partial charge is 0.362 e. The standard InChI is InChI=1S/C13H23FN2S/c1-17-12-4-2-3-11(8-12)16-9-10-5-6-15-13(14)7-10/h5-6,10-13,15-16H,2-4,7-9H2,1H3/t10-,11?,12?,13?/m1/s1. The summed E-state index contributed by atoms with van der Waals surface area (Å²) in [5, 5.41) is 7.12. The Kier molecular flexibility index (Phi) is 5.16.